The van der Waals surface area contributed by atoms with Crippen molar-refractivity contribution in [1.29, 1.82) is 0 Å². The molecule has 84 valence electrons. The van der Waals surface area contributed by atoms with Crippen LogP contribution in [0.2, 0.25) is 5.28 Å². The number of halogens is 1. The number of aromatic hydroxyl groups is 1. The van der Waals surface area contributed by atoms with E-state index < -0.39 is 0 Å². The van der Waals surface area contributed by atoms with Crippen LogP contribution in [0.4, 0.5) is 0 Å². The van der Waals surface area contributed by atoms with Crippen LogP contribution in [0.1, 0.15) is 0 Å². The molecule has 0 atom stereocenters. The lowest BCUT2D eigenvalue weighted by molar-refractivity contribution is 0.475. The minimum absolute atomic E-state index is 0.205. The van der Waals surface area contributed by atoms with Gasteiger partial charge in [-0.15, -0.1) is 0 Å². The largest absolute Gasteiger partial charge is 0.508 e. The van der Waals surface area contributed by atoms with E-state index in [2.05, 4.69) is 4.98 Å². The summed E-state index contributed by atoms with van der Waals surface area (Å²) in [5.74, 6) is 0.205. The molecule has 0 unspecified atom stereocenters. The Labute approximate surface area is 103 Å². The number of phenols is 1. The molecule has 3 rings (SSSR count). The van der Waals surface area contributed by atoms with E-state index in [1.165, 1.54) is 0 Å². The van der Waals surface area contributed by atoms with Crippen molar-refractivity contribution in [2.75, 3.05) is 0 Å². The van der Waals surface area contributed by atoms with Gasteiger partial charge in [0.2, 0.25) is 5.28 Å². The fourth-order valence-corrected chi connectivity index (χ4v) is 2.15. The zero-order valence-electron chi connectivity index (χ0n) is 8.84. The van der Waals surface area contributed by atoms with Crippen molar-refractivity contribution in [1.82, 2.24) is 9.55 Å². The fourth-order valence-electron chi connectivity index (χ4n) is 1.87. The third-order valence-corrected chi connectivity index (χ3v) is 2.86. The maximum absolute atomic E-state index is 9.50. The molecule has 3 aromatic rings. The number of nitrogens with zero attached hydrogens (tertiary/aromatic N) is 2. The summed E-state index contributed by atoms with van der Waals surface area (Å²) >= 11 is 6.12. The second-order valence-corrected chi connectivity index (χ2v) is 4.06. The lowest BCUT2D eigenvalue weighted by atomic mass is 10.2. The zero-order valence-corrected chi connectivity index (χ0v) is 9.59. The standard InChI is InChI=1S/C13H9ClN2O/c14-13-15-11-6-1-2-7-12(11)16(13)9-4-3-5-10(17)8-9/h1-8,17H. The van der Waals surface area contributed by atoms with Crippen LogP contribution >= 0.6 is 11.6 Å². The normalized spacial score (nSPS) is 10.9. The van der Waals surface area contributed by atoms with Gasteiger partial charge in [0.15, 0.2) is 0 Å². The van der Waals surface area contributed by atoms with E-state index in [1.807, 2.05) is 30.3 Å². The molecule has 0 bridgehead atoms. The quantitative estimate of drug-likeness (QED) is 0.713. The summed E-state index contributed by atoms with van der Waals surface area (Å²) < 4.78 is 1.80. The Morgan fingerprint density at radius 3 is 2.71 bits per heavy atom. The number of aromatic nitrogens is 2. The van der Waals surface area contributed by atoms with Crippen LogP contribution in [0, 0.1) is 0 Å². The maximum atomic E-state index is 9.50. The van der Waals surface area contributed by atoms with Gasteiger partial charge >= 0.3 is 0 Å². The van der Waals surface area contributed by atoms with Crippen molar-refractivity contribution in [3.05, 3.63) is 53.8 Å². The molecule has 1 aromatic heterocycles. The van der Waals surface area contributed by atoms with Crippen LogP contribution in [-0.2, 0) is 0 Å². The van der Waals surface area contributed by atoms with E-state index in [9.17, 15) is 5.11 Å². The van der Waals surface area contributed by atoms with Gasteiger partial charge in [0.1, 0.15) is 5.75 Å². The number of rotatable bonds is 1. The molecule has 0 aliphatic heterocycles. The summed E-state index contributed by atoms with van der Waals surface area (Å²) in [7, 11) is 0. The van der Waals surface area contributed by atoms with Gasteiger partial charge in [-0.3, -0.25) is 4.57 Å². The van der Waals surface area contributed by atoms with E-state index >= 15 is 0 Å². The van der Waals surface area contributed by atoms with Crippen molar-refractivity contribution in [2.45, 2.75) is 0 Å². The number of phenolic OH excluding ortho intramolecular Hbond substituents is 1. The topological polar surface area (TPSA) is 38.0 Å². The SMILES string of the molecule is Oc1cccc(-n2c(Cl)nc3ccccc32)c1. The van der Waals surface area contributed by atoms with Gasteiger partial charge in [-0.05, 0) is 35.9 Å². The van der Waals surface area contributed by atoms with Crippen molar-refractivity contribution >= 4 is 22.6 Å². The second kappa shape index (κ2) is 3.79. The van der Waals surface area contributed by atoms with Crippen molar-refractivity contribution in [3.8, 4) is 11.4 Å². The smallest absolute Gasteiger partial charge is 0.208 e. The fraction of sp³-hybridized carbons (Fsp3) is 0. The molecule has 1 N–H and O–H groups in total. The highest BCUT2D eigenvalue weighted by atomic mass is 35.5. The first-order chi connectivity index (χ1) is 8.25. The highest BCUT2D eigenvalue weighted by Crippen LogP contribution is 2.25. The average molecular weight is 245 g/mol. The van der Waals surface area contributed by atoms with Crippen LogP contribution in [-0.4, -0.2) is 14.7 Å². The Balaban J connectivity index is 2.33. The van der Waals surface area contributed by atoms with Crippen molar-refractivity contribution < 1.29 is 5.11 Å². The van der Waals surface area contributed by atoms with Gasteiger partial charge in [0, 0.05) is 6.07 Å². The Kier molecular flexibility index (Phi) is 2.27. The predicted octanol–water partition coefficient (Wildman–Crippen LogP) is 3.38. The molecule has 0 spiro atoms. The van der Waals surface area contributed by atoms with Crippen LogP contribution in [0.25, 0.3) is 16.7 Å². The molecule has 4 heteroatoms. The van der Waals surface area contributed by atoms with E-state index in [-0.39, 0.29) is 5.75 Å². The maximum Gasteiger partial charge on any atom is 0.208 e. The van der Waals surface area contributed by atoms with Crippen molar-refractivity contribution in [3.63, 3.8) is 0 Å². The highest BCUT2D eigenvalue weighted by molar-refractivity contribution is 6.29. The Hall–Kier alpha value is -2.00. The zero-order chi connectivity index (χ0) is 11.8. The second-order valence-electron chi connectivity index (χ2n) is 3.72. The number of fused-ring (bicyclic) bond motifs is 1. The number of benzene rings is 2. The summed E-state index contributed by atoms with van der Waals surface area (Å²) in [6, 6.07) is 14.6. The Morgan fingerprint density at radius 1 is 1.06 bits per heavy atom. The van der Waals surface area contributed by atoms with E-state index in [1.54, 1.807) is 22.8 Å². The number of imidazole rings is 1. The molecule has 0 saturated carbocycles. The third-order valence-electron chi connectivity index (χ3n) is 2.61. The number of hydrogen-bond acceptors (Lipinski definition) is 2. The van der Waals surface area contributed by atoms with Gasteiger partial charge in [-0.2, -0.15) is 0 Å². The van der Waals surface area contributed by atoms with Crippen LogP contribution in [0.15, 0.2) is 48.5 Å². The van der Waals surface area contributed by atoms with Gasteiger partial charge in [-0.1, -0.05) is 18.2 Å². The van der Waals surface area contributed by atoms with Crippen LogP contribution in [0.5, 0.6) is 5.75 Å². The van der Waals surface area contributed by atoms with E-state index in [0.717, 1.165) is 16.7 Å². The summed E-state index contributed by atoms with van der Waals surface area (Å²) in [4.78, 5) is 4.27. The molecule has 0 saturated heterocycles. The molecule has 17 heavy (non-hydrogen) atoms. The van der Waals surface area contributed by atoms with Gasteiger partial charge < -0.3 is 5.11 Å². The molecular weight excluding hydrogens is 236 g/mol. The summed E-state index contributed by atoms with van der Waals surface area (Å²) in [5.41, 5.74) is 2.55. The van der Waals surface area contributed by atoms with Crippen LogP contribution < -0.4 is 0 Å². The first-order valence-electron chi connectivity index (χ1n) is 5.18. The Bertz CT molecular complexity index is 691. The molecule has 0 fully saturated rings. The molecule has 0 aliphatic carbocycles. The predicted molar refractivity (Wildman–Crippen MR) is 67.7 cm³/mol. The molecule has 0 radical (unpaired) electrons. The monoisotopic (exact) mass is 244 g/mol. The molecule has 1 heterocycles. The molecule has 0 amide bonds. The first-order valence-corrected chi connectivity index (χ1v) is 5.56. The molecular formula is C13H9ClN2O. The first kappa shape index (κ1) is 10.2. The lowest BCUT2D eigenvalue weighted by Gasteiger charge is -2.05. The summed E-state index contributed by atoms with van der Waals surface area (Å²) in [5, 5.41) is 9.88. The minimum Gasteiger partial charge on any atom is -0.508 e. The third kappa shape index (κ3) is 1.65. The number of para-hydroxylation sites is 2. The Morgan fingerprint density at radius 2 is 1.88 bits per heavy atom. The van der Waals surface area contributed by atoms with Gasteiger partial charge in [0.05, 0.1) is 16.7 Å². The summed E-state index contributed by atoms with van der Waals surface area (Å²) in [6.45, 7) is 0. The lowest BCUT2D eigenvalue weighted by Crippen LogP contribution is -1.93. The summed E-state index contributed by atoms with van der Waals surface area (Å²) in [6.07, 6.45) is 0. The molecule has 2 aromatic carbocycles. The minimum atomic E-state index is 0.205. The number of hydrogen-bond donors (Lipinski definition) is 1. The molecule has 0 aliphatic rings. The van der Waals surface area contributed by atoms with E-state index in [4.69, 9.17) is 11.6 Å². The van der Waals surface area contributed by atoms with Gasteiger partial charge in [-0.25, -0.2) is 4.98 Å². The molecule has 3 nitrogen and oxygen atoms in total. The van der Waals surface area contributed by atoms with E-state index in [0.29, 0.717) is 5.28 Å². The average Bonchev–Trinajstić information content (AvgIpc) is 2.64. The van der Waals surface area contributed by atoms with Crippen LogP contribution in [0.3, 0.4) is 0 Å². The highest BCUT2D eigenvalue weighted by Gasteiger charge is 2.09. The van der Waals surface area contributed by atoms with Gasteiger partial charge in [0.25, 0.3) is 0 Å². The van der Waals surface area contributed by atoms with Crippen molar-refractivity contribution in [2.24, 2.45) is 0 Å².